The Morgan fingerprint density at radius 3 is 2.54 bits per heavy atom. The van der Waals surface area contributed by atoms with E-state index in [1.165, 1.54) is 6.08 Å². The molecule has 0 radical (unpaired) electrons. The molecule has 126 valence electrons. The van der Waals surface area contributed by atoms with Gasteiger partial charge < -0.3 is 9.64 Å². The molecule has 0 aliphatic carbocycles. The van der Waals surface area contributed by atoms with Crippen LogP contribution in [0.1, 0.15) is 21.5 Å². The molecule has 0 saturated carbocycles. The Kier molecular flexibility index (Phi) is 6.44. The predicted molar refractivity (Wildman–Crippen MR) is 100 cm³/mol. The van der Waals surface area contributed by atoms with Crippen LogP contribution in [0.5, 0.6) is 5.75 Å². The topological polar surface area (TPSA) is 29.5 Å². The van der Waals surface area contributed by atoms with Crippen LogP contribution in [0.4, 0.5) is 0 Å². The number of ketones is 1. The molecule has 0 N–H and O–H groups in total. The number of rotatable bonds is 6. The molecular formula is C19H19Cl2NO2. The second-order valence-corrected chi connectivity index (χ2v) is 6.47. The molecule has 2 aromatic carbocycles. The van der Waals surface area contributed by atoms with Crippen LogP contribution in [-0.2, 0) is 6.54 Å². The molecule has 5 heteroatoms. The molecule has 2 rings (SSSR count). The van der Waals surface area contributed by atoms with Gasteiger partial charge >= 0.3 is 0 Å². The van der Waals surface area contributed by atoms with Gasteiger partial charge in [0, 0.05) is 22.2 Å². The molecular weight excluding hydrogens is 345 g/mol. The second-order valence-electron chi connectivity index (χ2n) is 5.62. The lowest BCUT2D eigenvalue weighted by molar-refractivity contribution is 0.104. The van der Waals surface area contributed by atoms with Gasteiger partial charge in [0.05, 0.1) is 7.11 Å². The van der Waals surface area contributed by atoms with Crippen molar-refractivity contribution in [3.63, 3.8) is 0 Å². The summed E-state index contributed by atoms with van der Waals surface area (Å²) in [6.45, 7) is 0.647. The van der Waals surface area contributed by atoms with Crippen LogP contribution in [0.25, 0.3) is 6.08 Å². The standard InChI is InChI=1S/C19H19Cl2NO2/c1-22(2)12-14-10-16(24-3)7-8-17(14)19(23)9-5-13-4-6-15(20)11-18(13)21/h4-11H,12H2,1-3H3. The lowest BCUT2D eigenvalue weighted by atomic mass is 10.0. The first kappa shape index (κ1) is 18.5. The van der Waals surface area contributed by atoms with Crippen LogP contribution in [0.15, 0.2) is 42.5 Å². The van der Waals surface area contributed by atoms with E-state index < -0.39 is 0 Å². The highest BCUT2D eigenvalue weighted by atomic mass is 35.5. The number of carbonyl (C=O) groups is 1. The van der Waals surface area contributed by atoms with E-state index in [0.29, 0.717) is 22.2 Å². The first-order valence-corrected chi connectivity index (χ1v) is 8.15. The summed E-state index contributed by atoms with van der Waals surface area (Å²) < 4.78 is 5.25. The fourth-order valence-corrected chi connectivity index (χ4v) is 2.77. The smallest absolute Gasteiger partial charge is 0.186 e. The van der Waals surface area contributed by atoms with Crippen LogP contribution < -0.4 is 4.74 Å². The minimum atomic E-state index is -0.0829. The number of halogens is 2. The number of allylic oxidation sites excluding steroid dienone is 1. The van der Waals surface area contributed by atoms with E-state index in [-0.39, 0.29) is 5.78 Å². The molecule has 0 fully saturated rings. The zero-order valence-corrected chi connectivity index (χ0v) is 15.4. The summed E-state index contributed by atoms with van der Waals surface area (Å²) in [7, 11) is 5.52. The molecule has 0 amide bonds. The van der Waals surface area contributed by atoms with Gasteiger partial charge in [0.2, 0.25) is 0 Å². The Labute approximate surface area is 152 Å². The monoisotopic (exact) mass is 363 g/mol. The number of ether oxygens (including phenoxy) is 1. The number of benzene rings is 2. The van der Waals surface area contributed by atoms with Gasteiger partial charge in [0.1, 0.15) is 5.75 Å². The van der Waals surface area contributed by atoms with Crippen LogP contribution in [0.3, 0.4) is 0 Å². The average Bonchev–Trinajstić information content (AvgIpc) is 2.53. The Morgan fingerprint density at radius 2 is 1.92 bits per heavy atom. The van der Waals surface area contributed by atoms with Crippen LogP contribution in [0.2, 0.25) is 10.0 Å². The molecule has 0 spiro atoms. The van der Waals surface area contributed by atoms with E-state index in [1.807, 2.05) is 25.1 Å². The molecule has 0 aromatic heterocycles. The van der Waals surface area contributed by atoms with Gasteiger partial charge in [-0.05, 0) is 67.7 Å². The number of methoxy groups -OCH3 is 1. The maximum Gasteiger partial charge on any atom is 0.186 e. The Bertz CT molecular complexity index is 770. The van der Waals surface area contributed by atoms with E-state index in [0.717, 1.165) is 16.9 Å². The molecule has 0 unspecified atom stereocenters. The number of carbonyl (C=O) groups excluding carboxylic acids is 1. The Hall–Kier alpha value is -1.81. The fraction of sp³-hybridized carbons (Fsp3) is 0.211. The molecule has 3 nitrogen and oxygen atoms in total. The SMILES string of the molecule is COc1ccc(C(=O)C=Cc2ccc(Cl)cc2Cl)c(CN(C)C)c1. The first-order chi connectivity index (χ1) is 11.4. The molecule has 0 heterocycles. The predicted octanol–water partition coefficient (Wildman–Crippen LogP) is 4.96. The maximum absolute atomic E-state index is 12.6. The fourth-order valence-electron chi connectivity index (χ4n) is 2.30. The zero-order chi connectivity index (χ0) is 17.7. The molecule has 0 atom stereocenters. The summed E-state index contributed by atoms with van der Waals surface area (Å²) in [6.07, 6.45) is 3.22. The van der Waals surface area contributed by atoms with Gasteiger partial charge in [0.15, 0.2) is 5.78 Å². The molecule has 24 heavy (non-hydrogen) atoms. The third kappa shape index (κ3) is 4.84. The van der Waals surface area contributed by atoms with Crippen molar-refractivity contribution < 1.29 is 9.53 Å². The van der Waals surface area contributed by atoms with E-state index >= 15 is 0 Å². The average molecular weight is 364 g/mol. The van der Waals surface area contributed by atoms with Crippen LogP contribution in [0, 0.1) is 0 Å². The van der Waals surface area contributed by atoms with E-state index in [9.17, 15) is 4.79 Å². The van der Waals surface area contributed by atoms with E-state index in [4.69, 9.17) is 27.9 Å². The molecule has 2 aromatic rings. The number of hydrogen-bond donors (Lipinski definition) is 0. The lowest BCUT2D eigenvalue weighted by Gasteiger charge is -2.14. The molecule has 0 bridgehead atoms. The van der Waals surface area contributed by atoms with Crippen LogP contribution >= 0.6 is 23.2 Å². The summed E-state index contributed by atoms with van der Waals surface area (Å²) in [5.41, 5.74) is 2.30. The molecule has 0 aliphatic heterocycles. The highest BCUT2D eigenvalue weighted by Gasteiger charge is 2.11. The highest BCUT2D eigenvalue weighted by molar-refractivity contribution is 6.35. The van der Waals surface area contributed by atoms with Crippen molar-refractivity contribution in [3.05, 3.63) is 69.2 Å². The summed E-state index contributed by atoms with van der Waals surface area (Å²) in [5, 5.41) is 1.07. The van der Waals surface area contributed by atoms with Gasteiger partial charge in [-0.3, -0.25) is 4.79 Å². The zero-order valence-electron chi connectivity index (χ0n) is 13.8. The minimum absolute atomic E-state index is 0.0829. The van der Waals surface area contributed by atoms with E-state index in [2.05, 4.69) is 0 Å². The quantitative estimate of drug-likeness (QED) is 0.536. The first-order valence-electron chi connectivity index (χ1n) is 7.40. The Balaban J connectivity index is 2.29. The maximum atomic E-state index is 12.6. The lowest BCUT2D eigenvalue weighted by Crippen LogP contribution is -2.14. The summed E-state index contributed by atoms with van der Waals surface area (Å²) in [4.78, 5) is 14.6. The van der Waals surface area contributed by atoms with Crippen molar-refractivity contribution in [1.29, 1.82) is 0 Å². The van der Waals surface area contributed by atoms with Gasteiger partial charge in [-0.25, -0.2) is 0 Å². The van der Waals surface area contributed by atoms with Gasteiger partial charge in [-0.1, -0.05) is 29.3 Å². The van der Waals surface area contributed by atoms with Gasteiger partial charge in [-0.2, -0.15) is 0 Å². The molecule has 0 aliphatic rings. The van der Waals surface area contributed by atoms with Crippen molar-refractivity contribution in [2.24, 2.45) is 0 Å². The summed E-state index contributed by atoms with van der Waals surface area (Å²) >= 11 is 12.0. The normalized spacial score (nSPS) is 11.2. The van der Waals surface area contributed by atoms with E-state index in [1.54, 1.807) is 43.5 Å². The summed E-state index contributed by atoms with van der Waals surface area (Å²) in [6, 6.07) is 10.6. The summed E-state index contributed by atoms with van der Waals surface area (Å²) in [5.74, 6) is 0.647. The van der Waals surface area contributed by atoms with Crippen LogP contribution in [-0.4, -0.2) is 31.9 Å². The number of nitrogens with zero attached hydrogens (tertiary/aromatic N) is 1. The van der Waals surface area contributed by atoms with Crippen molar-refractivity contribution in [3.8, 4) is 5.75 Å². The third-order valence-electron chi connectivity index (χ3n) is 3.44. The minimum Gasteiger partial charge on any atom is -0.497 e. The van der Waals surface area contributed by atoms with Crippen molar-refractivity contribution in [2.45, 2.75) is 6.54 Å². The Morgan fingerprint density at radius 1 is 1.17 bits per heavy atom. The van der Waals surface area contributed by atoms with Crippen molar-refractivity contribution >= 4 is 35.1 Å². The second kappa shape index (κ2) is 8.34. The van der Waals surface area contributed by atoms with Gasteiger partial charge in [0.25, 0.3) is 0 Å². The molecule has 0 saturated heterocycles. The third-order valence-corrected chi connectivity index (χ3v) is 4.00. The van der Waals surface area contributed by atoms with Crippen molar-refractivity contribution in [1.82, 2.24) is 4.90 Å². The van der Waals surface area contributed by atoms with Crippen molar-refractivity contribution in [2.75, 3.05) is 21.2 Å². The highest BCUT2D eigenvalue weighted by Crippen LogP contribution is 2.23. The van der Waals surface area contributed by atoms with Gasteiger partial charge in [-0.15, -0.1) is 0 Å². The largest absolute Gasteiger partial charge is 0.497 e. The number of hydrogen-bond acceptors (Lipinski definition) is 3.